The predicted octanol–water partition coefficient (Wildman–Crippen LogP) is 4.25. The fraction of sp³-hybridized carbons (Fsp3) is 0.267. The van der Waals surface area contributed by atoms with Crippen molar-refractivity contribution in [3.8, 4) is 33.8 Å². The van der Waals surface area contributed by atoms with Gasteiger partial charge < -0.3 is 31.9 Å². The Morgan fingerprint density at radius 1 is 0.429 bits per heavy atom. The molecule has 6 N–H and O–H groups in total. The molecule has 0 bridgehead atoms. The lowest BCUT2D eigenvalue weighted by molar-refractivity contribution is -0.116. The Balaban J connectivity index is 1.08. The van der Waals surface area contributed by atoms with E-state index in [-0.39, 0.29) is 37.4 Å². The van der Waals surface area contributed by atoms with Crippen molar-refractivity contribution in [1.82, 2.24) is 60.9 Å². The number of nitrogens with one attached hydrogen (secondary N) is 6. The van der Waals surface area contributed by atoms with Crippen molar-refractivity contribution in [2.45, 2.75) is 40.4 Å². The highest BCUT2D eigenvalue weighted by atomic mass is 16.2. The second kappa shape index (κ2) is 21.4. The van der Waals surface area contributed by atoms with Crippen molar-refractivity contribution < 1.29 is 14.4 Å². The van der Waals surface area contributed by atoms with Crippen LogP contribution in [-0.2, 0) is 34.0 Å². The van der Waals surface area contributed by atoms with Crippen molar-refractivity contribution in [2.24, 2.45) is 0 Å². The molecule has 3 amide bonds. The van der Waals surface area contributed by atoms with Gasteiger partial charge in [0.1, 0.15) is 17.1 Å². The molecule has 0 aliphatic rings. The molecule has 63 heavy (non-hydrogen) atoms. The van der Waals surface area contributed by atoms with E-state index in [1.54, 1.807) is 14.0 Å². The Hall–Kier alpha value is -7.41. The van der Waals surface area contributed by atoms with E-state index >= 15 is 0 Å². The molecule has 4 aromatic carbocycles. The van der Waals surface area contributed by atoms with E-state index in [4.69, 9.17) is 0 Å². The highest BCUT2D eigenvalue weighted by Crippen LogP contribution is 2.23. The van der Waals surface area contributed by atoms with Crippen molar-refractivity contribution >= 4 is 34.8 Å². The molecular formula is C45H51N15O3. The van der Waals surface area contributed by atoms with Crippen LogP contribution in [0.3, 0.4) is 0 Å². The molecule has 0 saturated carbocycles. The summed E-state index contributed by atoms with van der Waals surface area (Å²) in [5, 5.41) is 44.4. The summed E-state index contributed by atoms with van der Waals surface area (Å²) < 4.78 is 5.39. The average Bonchev–Trinajstić information content (AvgIpc) is 4.07. The Morgan fingerprint density at radius 3 is 0.952 bits per heavy atom. The second-order valence-electron chi connectivity index (χ2n) is 14.8. The van der Waals surface area contributed by atoms with E-state index in [9.17, 15) is 14.4 Å². The van der Waals surface area contributed by atoms with Gasteiger partial charge in [0.2, 0.25) is 17.7 Å². The number of nitrogens with zero attached hydrogens (tertiary/aromatic N) is 9. The first-order valence-electron chi connectivity index (χ1n) is 20.9. The maximum atomic E-state index is 12.2. The van der Waals surface area contributed by atoms with Crippen LogP contribution in [-0.4, -0.2) is 102 Å². The second-order valence-corrected chi connectivity index (χ2v) is 14.8. The largest absolute Gasteiger partial charge is 0.325 e. The molecule has 324 valence electrons. The monoisotopic (exact) mass is 849 g/mol. The quantitative estimate of drug-likeness (QED) is 0.0599. The van der Waals surface area contributed by atoms with Crippen LogP contribution in [0.1, 0.15) is 37.5 Å². The molecule has 0 saturated heterocycles. The Labute approximate surface area is 364 Å². The lowest BCUT2D eigenvalue weighted by Crippen LogP contribution is -2.27. The van der Waals surface area contributed by atoms with Gasteiger partial charge in [-0.05, 0) is 72.7 Å². The average molecular weight is 850 g/mol. The first-order chi connectivity index (χ1) is 30.7. The number of hydrogen-bond acceptors (Lipinski definition) is 12. The molecule has 0 radical (unpaired) electrons. The van der Waals surface area contributed by atoms with Crippen LogP contribution >= 0.6 is 0 Å². The maximum Gasteiger partial charge on any atom is 0.238 e. The third-order valence-electron chi connectivity index (χ3n) is 9.76. The van der Waals surface area contributed by atoms with Gasteiger partial charge in [-0.1, -0.05) is 91.0 Å². The van der Waals surface area contributed by atoms with Crippen LogP contribution in [0.15, 0.2) is 110 Å². The van der Waals surface area contributed by atoms with Crippen LogP contribution in [0.25, 0.3) is 33.8 Å². The Kier molecular flexibility index (Phi) is 14.8. The molecule has 0 unspecified atom stereocenters. The van der Waals surface area contributed by atoms with E-state index in [1.807, 2.05) is 112 Å². The molecule has 0 aliphatic carbocycles. The Morgan fingerprint density at radius 2 is 0.698 bits per heavy atom. The summed E-state index contributed by atoms with van der Waals surface area (Å²) in [6, 6.07) is 28.9. The van der Waals surface area contributed by atoms with Gasteiger partial charge in [-0.2, -0.15) is 0 Å². The van der Waals surface area contributed by atoms with Crippen molar-refractivity contribution in [3.63, 3.8) is 0 Å². The van der Waals surface area contributed by atoms with Crippen LogP contribution in [0.5, 0.6) is 0 Å². The molecule has 3 aromatic heterocycles. The zero-order valence-corrected chi connectivity index (χ0v) is 35.5. The summed E-state index contributed by atoms with van der Waals surface area (Å²) in [5.74, 6) is -0.310. The summed E-state index contributed by atoms with van der Waals surface area (Å²) in [7, 11) is 0. The van der Waals surface area contributed by atoms with E-state index in [1.165, 1.54) is 0 Å². The molecule has 0 spiro atoms. The fourth-order valence-corrected chi connectivity index (χ4v) is 6.70. The molecule has 3 heterocycles. The number of likely N-dealkylation sites (N-methyl/N-ethyl adjacent to an activating group) is 3. The molecule has 0 aliphatic heterocycles. The number of aromatic nitrogens is 9. The van der Waals surface area contributed by atoms with Crippen molar-refractivity contribution in [3.05, 3.63) is 126 Å². The smallest absolute Gasteiger partial charge is 0.238 e. The minimum atomic E-state index is -0.103. The highest BCUT2D eigenvalue weighted by molar-refractivity contribution is 5.93. The lowest BCUT2D eigenvalue weighted by Gasteiger charge is -2.10. The molecule has 18 heteroatoms. The third-order valence-corrected chi connectivity index (χ3v) is 9.76. The van der Waals surface area contributed by atoms with Gasteiger partial charge in [-0.25, -0.2) is 14.0 Å². The summed E-state index contributed by atoms with van der Waals surface area (Å²) in [6.45, 7) is 10.1. The number of benzene rings is 4. The highest BCUT2D eigenvalue weighted by Gasteiger charge is 2.13. The van der Waals surface area contributed by atoms with Gasteiger partial charge in [0.05, 0.1) is 57.9 Å². The van der Waals surface area contributed by atoms with Gasteiger partial charge in [0, 0.05) is 33.8 Å². The first-order valence-corrected chi connectivity index (χ1v) is 20.9. The van der Waals surface area contributed by atoms with E-state index < -0.39 is 0 Å². The number of anilines is 3. The van der Waals surface area contributed by atoms with Gasteiger partial charge in [0.25, 0.3) is 0 Å². The zero-order chi connectivity index (χ0) is 44.0. The molecule has 18 nitrogen and oxygen atoms in total. The first kappa shape index (κ1) is 43.7. The van der Waals surface area contributed by atoms with Crippen LogP contribution in [0.2, 0.25) is 0 Å². The summed E-state index contributed by atoms with van der Waals surface area (Å²) in [6.07, 6.45) is 5.70. The van der Waals surface area contributed by atoms with Gasteiger partial charge >= 0.3 is 0 Å². The van der Waals surface area contributed by atoms with Crippen LogP contribution in [0, 0.1) is 0 Å². The van der Waals surface area contributed by atoms with E-state index in [0.29, 0.717) is 53.8 Å². The number of rotatable bonds is 21. The number of amides is 3. The standard InChI is InChI=1S/C45H51N15O3/c1-4-46-22-43(61)49-37-13-7-34(8-14-37)40-28-58(55-52-40)25-31-19-32(26-59-29-41(53-56-59)35-9-15-38(16-10-35)50-44(62)23-47-5-2)21-33(20-31)27-60-30-42(54-57-60)36-11-17-39(18-12-36)51-45(63)24-48-6-3/h7-21,28-30,46-48H,4-6,22-27H2,1-3H3,(H,49,61)(H,50,62)(H,51,63). The van der Waals surface area contributed by atoms with Gasteiger partial charge in [0.15, 0.2) is 0 Å². The molecule has 7 aromatic rings. The number of carbonyl (C=O) groups is 3. The van der Waals surface area contributed by atoms with Crippen molar-refractivity contribution in [1.29, 1.82) is 0 Å². The molecular weight excluding hydrogens is 799 g/mol. The topological polar surface area (TPSA) is 216 Å². The summed E-state index contributed by atoms with van der Waals surface area (Å²) in [4.78, 5) is 36.5. The number of carbonyl (C=O) groups excluding carboxylic acids is 3. The fourth-order valence-electron chi connectivity index (χ4n) is 6.70. The van der Waals surface area contributed by atoms with E-state index in [0.717, 1.165) is 53.0 Å². The molecule has 0 fully saturated rings. The minimum Gasteiger partial charge on any atom is -0.325 e. The third kappa shape index (κ3) is 12.6. The predicted molar refractivity (Wildman–Crippen MR) is 242 cm³/mol. The summed E-state index contributed by atoms with van der Waals surface area (Å²) in [5.41, 5.74) is 9.83. The summed E-state index contributed by atoms with van der Waals surface area (Å²) >= 11 is 0. The minimum absolute atomic E-state index is 0.103. The normalized spacial score (nSPS) is 11.1. The van der Waals surface area contributed by atoms with Crippen LogP contribution in [0.4, 0.5) is 17.1 Å². The zero-order valence-electron chi connectivity index (χ0n) is 35.5. The lowest BCUT2D eigenvalue weighted by atomic mass is 10.0. The SMILES string of the molecule is CCNCC(=O)Nc1ccc(-c2cn(Cc3cc(Cn4cc(-c5ccc(NC(=O)CNCC)cc5)nn4)cc(Cn4cc(-c5ccc(NC(=O)CNCC)cc5)nn4)c3)nn2)cc1. The molecule has 0 atom stereocenters. The number of hydrogen-bond donors (Lipinski definition) is 6. The van der Waals surface area contributed by atoms with E-state index in [2.05, 4.69) is 81.0 Å². The van der Waals surface area contributed by atoms with Crippen LogP contribution < -0.4 is 31.9 Å². The maximum absolute atomic E-state index is 12.2. The van der Waals surface area contributed by atoms with Crippen molar-refractivity contribution in [2.75, 3.05) is 55.2 Å². The van der Waals surface area contributed by atoms with Gasteiger partial charge in [-0.15, -0.1) is 15.3 Å². The Bertz CT molecular complexity index is 2300. The molecule has 7 rings (SSSR count). The van der Waals surface area contributed by atoms with Gasteiger partial charge in [-0.3, -0.25) is 14.4 Å².